The number of nitrogens with one attached hydrogen (secondary N) is 1. The lowest BCUT2D eigenvalue weighted by atomic mass is 10.1. The Morgan fingerprint density at radius 2 is 1.81 bits per heavy atom. The zero-order valence-electron chi connectivity index (χ0n) is 11.1. The fourth-order valence-corrected chi connectivity index (χ4v) is 2.41. The van der Waals surface area contributed by atoms with Gasteiger partial charge >= 0.3 is 0 Å². The summed E-state index contributed by atoms with van der Waals surface area (Å²) >= 11 is 6.16. The van der Waals surface area contributed by atoms with Crippen molar-refractivity contribution in [3.8, 4) is 6.07 Å². The number of nitrogens with zero attached hydrogens (tertiary/aromatic N) is 1. The number of nitrogens with two attached hydrogens (primary N) is 1. The molecule has 0 saturated carbocycles. The van der Waals surface area contributed by atoms with Gasteiger partial charge in [0.2, 0.25) is 0 Å². The van der Waals surface area contributed by atoms with Crippen LogP contribution in [-0.4, -0.2) is 0 Å². The standard InChI is InChI=1S/C17H12ClN3/c18-14-7-5-11(10-19)9-16(14)21-15-8-6-12-3-1-2-4-13(12)17(15)20/h1-9,21H,20H2. The Labute approximate surface area is 127 Å². The number of nitriles is 1. The maximum atomic E-state index is 8.97. The molecule has 3 aromatic carbocycles. The molecular formula is C17H12ClN3. The van der Waals surface area contributed by atoms with E-state index in [0.29, 0.717) is 22.0 Å². The molecule has 0 radical (unpaired) electrons. The number of anilines is 3. The third-order valence-corrected chi connectivity index (χ3v) is 3.67. The molecule has 102 valence electrons. The van der Waals surface area contributed by atoms with E-state index in [4.69, 9.17) is 22.6 Å². The number of hydrogen-bond acceptors (Lipinski definition) is 3. The highest BCUT2D eigenvalue weighted by molar-refractivity contribution is 6.33. The summed E-state index contributed by atoms with van der Waals surface area (Å²) in [5, 5.41) is 14.8. The summed E-state index contributed by atoms with van der Waals surface area (Å²) in [6, 6.07) is 19.0. The minimum Gasteiger partial charge on any atom is -0.397 e. The summed E-state index contributed by atoms with van der Waals surface area (Å²) in [7, 11) is 0. The van der Waals surface area contributed by atoms with E-state index >= 15 is 0 Å². The first-order valence-electron chi connectivity index (χ1n) is 6.43. The Hall–Kier alpha value is -2.70. The van der Waals surface area contributed by atoms with Gasteiger partial charge in [0.1, 0.15) is 0 Å². The second kappa shape index (κ2) is 5.35. The molecule has 0 spiro atoms. The van der Waals surface area contributed by atoms with E-state index in [-0.39, 0.29) is 0 Å². The molecule has 0 aliphatic heterocycles. The molecule has 0 aliphatic carbocycles. The molecule has 21 heavy (non-hydrogen) atoms. The number of hydrogen-bond donors (Lipinski definition) is 2. The predicted octanol–water partition coefficient (Wildman–Crippen LogP) is 4.69. The molecule has 0 amide bonds. The zero-order valence-corrected chi connectivity index (χ0v) is 11.9. The van der Waals surface area contributed by atoms with Gasteiger partial charge in [-0.05, 0) is 29.7 Å². The minimum atomic E-state index is 0.543. The molecule has 3 aromatic rings. The number of nitrogen functional groups attached to an aromatic ring is 1. The first-order chi connectivity index (χ1) is 10.2. The van der Waals surface area contributed by atoms with E-state index in [2.05, 4.69) is 11.4 Å². The van der Waals surface area contributed by atoms with Gasteiger partial charge in [-0.2, -0.15) is 5.26 Å². The van der Waals surface area contributed by atoms with Crippen LogP contribution in [0.15, 0.2) is 54.6 Å². The minimum absolute atomic E-state index is 0.543. The van der Waals surface area contributed by atoms with Gasteiger partial charge in [0, 0.05) is 5.39 Å². The van der Waals surface area contributed by atoms with Crippen molar-refractivity contribution >= 4 is 39.4 Å². The van der Waals surface area contributed by atoms with Crippen LogP contribution in [0.3, 0.4) is 0 Å². The highest BCUT2D eigenvalue weighted by atomic mass is 35.5. The van der Waals surface area contributed by atoms with Crippen molar-refractivity contribution in [3.63, 3.8) is 0 Å². The highest BCUT2D eigenvalue weighted by Gasteiger charge is 2.07. The van der Waals surface area contributed by atoms with Crippen LogP contribution in [0.1, 0.15) is 5.56 Å². The lowest BCUT2D eigenvalue weighted by Crippen LogP contribution is -1.98. The van der Waals surface area contributed by atoms with Crippen LogP contribution in [0.25, 0.3) is 10.8 Å². The van der Waals surface area contributed by atoms with Crippen molar-refractivity contribution in [1.82, 2.24) is 0 Å². The van der Waals surface area contributed by atoms with Crippen LogP contribution in [0.4, 0.5) is 17.1 Å². The van der Waals surface area contributed by atoms with Gasteiger partial charge in [-0.25, -0.2) is 0 Å². The van der Waals surface area contributed by atoms with Gasteiger partial charge in [0.15, 0.2) is 0 Å². The monoisotopic (exact) mass is 293 g/mol. The van der Waals surface area contributed by atoms with Gasteiger partial charge in [-0.15, -0.1) is 0 Å². The molecule has 3 nitrogen and oxygen atoms in total. The smallest absolute Gasteiger partial charge is 0.0992 e. The van der Waals surface area contributed by atoms with Crippen molar-refractivity contribution in [2.45, 2.75) is 0 Å². The Morgan fingerprint density at radius 1 is 1.00 bits per heavy atom. The third-order valence-electron chi connectivity index (χ3n) is 3.34. The van der Waals surface area contributed by atoms with Crippen LogP contribution in [0, 0.1) is 11.3 Å². The van der Waals surface area contributed by atoms with Crippen molar-refractivity contribution in [2.24, 2.45) is 0 Å². The van der Waals surface area contributed by atoms with E-state index in [1.54, 1.807) is 18.2 Å². The number of benzene rings is 3. The van der Waals surface area contributed by atoms with Gasteiger partial charge in [-0.3, -0.25) is 0 Å². The molecule has 4 heteroatoms. The lowest BCUT2D eigenvalue weighted by molar-refractivity contribution is 1.47. The fourth-order valence-electron chi connectivity index (χ4n) is 2.24. The molecule has 0 bridgehead atoms. The molecule has 0 aliphatic rings. The normalized spacial score (nSPS) is 10.3. The SMILES string of the molecule is N#Cc1ccc(Cl)c(Nc2ccc3ccccc3c2N)c1. The van der Waals surface area contributed by atoms with Crippen molar-refractivity contribution < 1.29 is 0 Å². The van der Waals surface area contributed by atoms with Gasteiger partial charge < -0.3 is 11.1 Å². The van der Waals surface area contributed by atoms with Crippen LogP contribution in [0.2, 0.25) is 5.02 Å². The van der Waals surface area contributed by atoms with Crippen molar-refractivity contribution in [1.29, 1.82) is 5.26 Å². The number of rotatable bonds is 2. The van der Waals surface area contributed by atoms with E-state index in [1.807, 2.05) is 36.4 Å². The zero-order chi connectivity index (χ0) is 14.8. The van der Waals surface area contributed by atoms with Crippen LogP contribution >= 0.6 is 11.6 Å². The van der Waals surface area contributed by atoms with Crippen LogP contribution in [-0.2, 0) is 0 Å². The molecule has 0 heterocycles. The van der Waals surface area contributed by atoms with E-state index < -0.39 is 0 Å². The summed E-state index contributed by atoms with van der Waals surface area (Å²) in [6.45, 7) is 0. The molecule has 0 aromatic heterocycles. The highest BCUT2D eigenvalue weighted by Crippen LogP contribution is 2.33. The maximum absolute atomic E-state index is 8.97. The quantitative estimate of drug-likeness (QED) is 0.674. The second-order valence-corrected chi connectivity index (χ2v) is 5.09. The molecule has 0 unspecified atom stereocenters. The molecule has 0 fully saturated rings. The summed E-state index contributed by atoms with van der Waals surface area (Å²) < 4.78 is 0. The topological polar surface area (TPSA) is 61.8 Å². The fraction of sp³-hybridized carbons (Fsp3) is 0. The van der Waals surface area contributed by atoms with Crippen molar-refractivity contribution in [2.75, 3.05) is 11.1 Å². The maximum Gasteiger partial charge on any atom is 0.0992 e. The summed E-state index contributed by atoms with van der Waals surface area (Å²) in [6.07, 6.45) is 0. The number of halogens is 1. The molecule has 3 N–H and O–H groups in total. The van der Waals surface area contributed by atoms with E-state index in [0.717, 1.165) is 16.5 Å². The van der Waals surface area contributed by atoms with E-state index in [1.165, 1.54) is 0 Å². The molecule has 3 rings (SSSR count). The summed E-state index contributed by atoms with van der Waals surface area (Å²) in [5.74, 6) is 0. The first-order valence-corrected chi connectivity index (χ1v) is 6.81. The third kappa shape index (κ3) is 2.49. The van der Waals surface area contributed by atoms with Gasteiger partial charge in [0.05, 0.1) is 33.7 Å². The second-order valence-electron chi connectivity index (χ2n) is 4.68. The number of fused-ring (bicyclic) bond motifs is 1. The largest absolute Gasteiger partial charge is 0.397 e. The molecular weight excluding hydrogens is 282 g/mol. The summed E-state index contributed by atoms with van der Waals surface area (Å²) in [4.78, 5) is 0. The van der Waals surface area contributed by atoms with Crippen LogP contribution in [0.5, 0.6) is 0 Å². The predicted molar refractivity (Wildman–Crippen MR) is 87.8 cm³/mol. The van der Waals surface area contributed by atoms with Gasteiger partial charge in [-0.1, -0.05) is 41.9 Å². The Bertz CT molecular complexity index is 866. The molecule has 0 saturated heterocycles. The van der Waals surface area contributed by atoms with Gasteiger partial charge in [0.25, 0.3) is 0 Å². The molecule has 0 atom stereocenters. The van der Waals surface area contributed by atoms with Crippen LogP contribution < -0.4 is 11.1 Å². The Morgan fingerprint density at radius 3 is 2.62 bits per heavy atom. The average molecular weight is 294 g/mol. The van der Waals surface area contributed by atoms with Crippen molar-refractivity contribution in [3.05, 3.63) is 65.2 Å². The van der Waals surface area contributed by atoms with E-state index in [9.17, 15) is 0 Å². The Kier molecular flexibility index (Phi) is 3.39. The lowest BCUT2D eigenvalue weighted by Gasteiger charge is -2.13. The Balaban J connectivity index is 2.06. The average Bonchev–Trinajstić information content (AvgIpc) is 2.52. The summed E-state index contributed by atoms with van der Waals surface area (Å²) in [5.41, 5.74) is 8.85. The first kappa shape index (κ1) is 13.3.